The molecule has 0 spiro atoms. The molecule has 0 atom stereocenters. The van der Waals surface area contributed by atoms with E-state index in [0.717, 1.165) is 21.3 Å². The smallest absolute Gasteiger partial charge is 0.329 e. The third-order valence-corrected chi connectivity index (χ3v) is 4.55. The van der Waals surface area contributed by atoms with Crippen LogP contribution in [0.15, 0.2) is 58.6 Å². The van der Waals surface area contributed by atoms with Crippen LogP contribution in [0.25, 0.3) is 0 Å². The maximum Gasteiger partial charge on any atom is 0.329 e. The fourth-order valence-corrected chi connectivity index (χ4v) is 2.92. The summed E-state index contributed by atoms with van der Waals surface area (Å²) in [4.78, 5) is 35.5. The number of nitrogens with zero attached hydrogens (tertiary/aromatic N) is 1. The van der Waals surface area contributed by atoms with Gasteiger partial charge in [-0.2, -0.15) is 5.10 Å². The zero-order valence-corrected chi connectivity index (χ0v) is 18.8. The highest BCUT2D eigenvalue weighted by Gasteiger charge is 2.12. The molecular weight excluding hydrogens is 464 g/mol. The Morgan fingerprint density at radius 1 is 1.13 bits per heavy atom. The summed E-state index contributed by atoms with van der Waals surface area (Å²) in [6.45, 7) is 7.24. The van der Waals surface area contributed by atoms with Crippen LogP contribution in [-0.2, 0) is 14.4 Å². The van der Waals surface area contributed by atoms with Crippen LogP contribution in [-0.4, -0.2) is 37.1 Å². The van der Waals surface area contributed by atoms with E-state index in [4.69, 9.17) is 4.74 Å². The molecule has 0 saturated carbocycles. The van der Waals surface area contributed by atoms with Gasteiger partial charge in [-0.15, -0.1) is 6.58 Å². The fraction of sp³-hybridized carbons (Fsp3) is 0.182. The van der Waals surface area contributed by atoms with Gasteiger partial charge >= 0.3 is 11.8 Å². The van der Waals surface area contributed by atoms with Gasteiger partial charge in [-0.25, -0.2) is 5.43 Å². The van der Waals surface area contributed by atoms with E-state index in [2.05, 4.69) is 43.7 Å². The maximum absolute atomic E-state index is 12.3. The Kier molecular flexibility index (Phi) is 8.95. The molecule has 2 aromatic rings. The lowest BCUT2D eigenvalue weighted by Gasteiger charge is -2.13. The predicted octanol–water partition coefficient (Wildman–Crippen LogP) is 2.84. The first-order valence-electron chi connectivity index (χ1n) is 9.32. The molecule has 0 unspecified atom stereocenters. The average Bonchev–Trinajstić information content (AvgIpc) is 2.74. The third-order valence-electron chi connectivity index (χ3n) is 4.06. The number of carbonyl (C=O) groups is 3. The molecule has 2 rings (SSSR count). The molecular formula is C22H23BrN4O4. The van der Waals surface area contributed by atoms with Crippen molar-refractivity contribution in [3.8, 4) is 5.75 Å². The van der Waals surface area contributed by atoms with Crippen LogP contribution in [0.2, 0.25) is 0 Å². The van der Waals surface area contributed by atoms with E-state index in [1.165, 1.54) is 12.3 Å². The van der Waals surface area contributed by atoms with Gasteiger partial charge < -0.3 is 15.4 Å². The topological polar surface area (TPSA) is 109 Å². The Morgan fingerprint density at radius 3 is 2.52 bits per heavy atom. The van der Waals surface area contributed by atoms with Crippen LogP contribution >= 0.6 is 15.9 Å². The van der Waals surface area contributed by atoms with Crippen LogP contribution < -0.4 is 20.8 Å². The number of hydrogen-bond acceptors (Lipinski definition) is 5. The molecule has 0 aliphatic heterocycles. The summed E-state index contributed by atoms with van der Waals surface area (Å²) in [6.07, 6.45) is 2.78. The van der Waals surface area contributed by atoms with Crippen molar-refractivity contribution in [1.29, 1.82) is 0 Å². The van der Waals surface area contributed by atoms with Gasteiger partial charge in [0, 0.05) is 22.3 Å². The van der Waals surface area contributed by atoms with Gasteiger partial charge in [-0.3, -0.25) is 14.4 Å². The van der Waals surface area contributed by atoms with Gasteiger partial charge in [0.05, 0.1) is 6.21 Å². The second-order valence-electron chi connectivity index (χ2n) is 6.48. The second-order valence-corrected chi connectivity index (χ2v) is 7.40. The molecule has 0 aliphatic rings. The predicted molar refractivity (Wildman–Crippen MR) is 123 cm³/mol. The lowest BCUT2D eigenvalue weighted by molar-refractivity contribution is -0.139. The quantitative estimate of drug-likeness (QED) is 0.230. The Hall–Kier alpha value is -3.46. The number of amides is 3. The highest BCUT2D eigenvalue weighted by atomic mass is 79.9. The van der Waals surface area contributed by atoms with Crippen LogP contribution in [0.4, 0.5) is 5.69 Å². The van der Waals surface area contributed by atoms with E-state index >= 15 is 0 Å². The standard InChI is InChI=1S/C22H23BrN4O4/c1-4-10-24-21(29)22(30)27-25-12-16-11-17(23)8-9-18(16)31-13-19(28)26-20-14(2)6-5-7-15(20)3/h4-9,11-12H,1,10,13H2,2-3H3,(H,24,29)(H,26,28)(H,27,30)/b25-12-. The van der Waals surface area contributed by atoms with Crippen molar-refractivity contribution in [1.82, 2.24) is 10.7 Å². The molecule has 0 aliphatic carbocycles. The van der Waals surface area contributed by atoms with Gasteiger partial charge in [0.2, 0.25) is 0 Å². The molecule has 0 fully saturated rings. The Morgan fingerprint density at radius 2 is 1.84 bits per heavy atom. The van der Waals surface area contributed by atoms with E-state index in [9.17, 15) is 14.4 Å². The minimum atomic E-state index is -0.913. The molecule has 0 heterocycles. The highest BCUT2D eigenvalue weighted by molar-refractivity contribution is 9.10. The minimum absolute atomic E-state index is 0.170. The van der Waals surface area contributed by atoms with E-state index in [0.29, 0.717) is 11.3 Å². The minimum Gasteiger partial charge on any atom is -0.483 e. The van der Waals surface area contributed by atoms with E-state index in [1.54, 1.807) is 18.2 Å². The van der Waals surface area contributed by atoms with Crippen molar-refractivity contribution in [2.45, 2.75) is 13.8 Å². The van der Waals surface area contributed by atoms with Crippen molar-refractivity contribution >= 4 is 45.6 Å². The zero-order chi connectivity index (χ0) is 22.8. The summed E-state index contributed by atoms with van der Waals surface area (Å²) >= 11 is 3.35. The summed E-state index contributed by atoms with van der Waals surface area (Å²) < 4.78 is 6.38. The van der Waals surface area contributed by atoms with Crippen LogP contribution in [0, 0.1) is 13.8 Å². The summed E-state index contributed by atoms with van der Waals surface area (Å²) in [5, 5.41) is 8.97. The molecule has 0 radical (unpaired) electrons. The first kappa shape index (κ1) is 23.8. The first-order chi connectivity index (χ1) is 14.8. The van der Waals surface area contributed by atoms with Crippen molar-refractivity contribution in [3.63, 3.8) is 0 Å². The number of hydrazone groups is 1. The molecule has 0 aromatic heterocycles. The molecule has 9 heteroatoms. The molecule has 2 aromatic carbocycles. The number of carbonyl (C=O) groups excluding carboxylic acids is 3. The first-order valence-corrected chi connectivity index (χ1v) is 10.1. The summed E-state index contributed by atoms with van der Waals surface area (Å²) in [5.41, 5.74) is 5.30. The number of aryl methyl sites for hydroxylation is 2. The van der Waals surface area contributed by atoms with Crippen molar-refractivity contribution < 1.29 is 19.1 Å². The SMILES string of the molecule is C=CCNC(=O)C(=O)N/N=C\c1cc(Br)ccc1OCC(=O)Nc1c(C)cccc1C. The van der Waals surface area contributed by atoms with Crippen LogP contribution in [0.1, 0.15) is 16.7 Å². The summed E-state index contributed by atoms with van der Waals surface area (Å²) in [6, 6.07) is 10.9. The van der Waals surface area contributed by atoms with Gasteiger partial charge in [0.25, 0.3) is 5.91 Å². The van der Waals surface area contributed by atoms with Gasteiger partial charge in [0.15, 0.2) is 6.61 Å². The van der Waals surface area contributed by atoms with Crippen LogP contribution in [0.5, 0.6) is 5.75 Å². The lowest BCUT2D eigenvalue weighted by Crippen LogP contribution is -2.37. The largest absolute Gasteiger partial charge is 0.483 e. The molecule has 0 saturated heterocycles. The molecule has 0 bridgehead atoms. The summed E-state index contributed by atoms with van der Waals surface area (Å²) in [7, 11) is 0. The monoisotopic (exact) mass is 486 g/mol. The highest BCUT2D eigenvalue weighted by Crippen LogP contribution is 2.22. The normalized spacial score (nSPS) is 10.4. The Balaban J connectivity index is 2.01. The molecule has 3 amide bonds. The molecule has 162 valence electrons. The van der Waals surface area contributed by atoms with Crippen molar-refractivity contribution in [2.24, 2.45) is 5.10 Å². The Labute approximate surface area is 188 Å². The number of ether oxygens (including phenoxy) is 1. The summed E-state index contributed by atoms with van der Waals surface area (Å²) in [5.74, 6) is -1.67. The zero-order valence-electron chi connectivity index (χ0n) is 17.2. The van der Waals surface area contributed by atoms with Crippen LogP contribution in [0.3, 0.4) is 0 Å². The third kappa shape index (κ3) is 7.38. The van der Waals surface area contributed by atoms with E-state index in [1.807, 2.05) is 32.0 Å². The van der Waals surface area contributed by atoms with Crippen molar-refractivity contribution in [2.75, 3.05) is 18.5 Å². The number of nitrogens with one attached hydrogen (secondary N) is 3. The molecule has 31 heavy (non-hydrogen) atoms. The number of hydrogen-bond donors (Lipinski definition) is 3. The van der Waals surface area contributed by atoms with Gasteiger partial charge in [0.1, 0.15) is 5.75 Å². The lowest BCUT2D eigenvalue weighted by atomic mass is 10.1. The molecule has 8 nitrogen and oxygen atoms in total. The average molecular weight is 487 g/mol. The van der Waals surface area contributed by atoms with Gasteiger partial charge in [-0.05, 0) is 43.2 Å². The number of benzene rings is 2. The molecule has 3 N–H and O–H groups in total. The number of halogens is 1. The van der Waals surface area contributed by atoms with Crippen molar-refractivity contribution in [3.05, 3.63) is 70.2 Å². The van der Waals surface area contributed by atoms with Gasteiger partial charge in [-0.1, -0.05) is 40.2 Å². The van der Waals surface area contributed by atoms with E-state index in [-0.39, 0.29) is 19.1 Å². The number of rotatable bonds is 8. The van der Waals surface area contributed by atoms with E-state index < -0.39 is 11.8 Å². The maximum atomic E-state index is 12.3. The fourth-order valence-electron chi connectivity index (χ4n) is 2.54. The second kappa shape index (κ2) is 11.7. The number of anilines is 1. The Bertz CT molecular complexity index is 1000. The number of para-hydroxylation sites is 1.